The van der Waals surface area contributed by atoms with E-state index in [1.54, 1.807) is 23.1 Å². The van der Waals surface area contributed by atoms with Crippen molar-refractivity contribution in [2.75, 3.05) is 32.8 Å². The van der Waals surface area contributed by atoms with Crippen LogP contribution in [0.3, 0.4) is 0 Å². The molecule has 6 nitrogen and oxygen atoms in total. The molecule has 1 aliphatic rings. The Morgan fingerprint density at radius 1 is 1.09 bits per heavy atom. The van der Waals surface area contributed by atoms with Crippen molar-refractivity contribution in [2.24, 2.45) is 0 Å². The fourth-order valence-corrected chi connectivity index (χ4v) is 4.47. The smallest absolute Gasteiger partial charge is 0.295 e. The number of Topliss-reactive ketones (excluding diaryl/α,β-unsaturated/α-hetero) is 1. The van der Waals surface area contributed by atoms with E-state index in [1.165, 1.54) is 0 Å². The Hall–Kier alpha value is -2.39. The predicted octanol–water partition coefficient (Wildman–Crippen LogP) is 5.23. The summed E-state index contributed by atoms with van der Waals surface area (Å²) in [5.41, 5.74) is 1.39. The predicted molar refractivity (Wildman–Crippen MR) is 143 cm³/mol. The molecule has 1 aliphatic heterocycles. The van der Waals surface area contributed by atoms with Gasteiger partial charge in [0.2, 0.25) is 0 Å². The molecule has 0 spiro atoms. The van der Waals surface area contributed by atoms with Crippen LogP contribution in [-0.2, 0) is 9.59 Å². The lowest BCUT2D eigenvalue weighted by Crippen LogP contribution is -2.38. The van der Waals surface area contributed by atoms with Crippen molar-refractivity contribution in [1.82, 2.24) is 9.80 Å². The first kappa shape index (κ1) is 26.2. The molecule has 1 atom stereocenters. The number of rotatable bonds is 11. The summed E-state index contributed by atoms with van der Waals surface area (Å²) in [4.78, 5) is 30.1. The first-order chi connectivity index (χ1) is 16.4. The van der Waals surface area contributed by atoms with E-state index < -0.39 is 17.7 Å². The van der Waals surface area contributed by atoms with Crippen molar-refractivity contribution in [3.8, 4) is 5.75 Å². The quantitative estimate of drug-likeness (QED) is 0.130. The molecule has 0 bridgehead atoms. The lowest BCUT2D eigenvalue weighted by atomic mass is 9.95. The van der Waals surface area contributed by atoms with Gasteiger partial charge in [0.15, 0.2) is 0 Å². The number of carbonyl (C=O) groups is 2. The molecule has 3 rings (SSSR count). The van der Waals surface area contributed by atoms with Crippen molar-refractivity contribution >= 4 is 40.0 Å². The number of likely N-dealkylation sites (N-methyl/N-ethyl adjacent to an activating group) is 1. The molecular formula is C27H33IN2O4. The third-order valence-electron chi connectivity index (χ3n) is 6.15. The number of benzene rings is 2. The molecule has 0 aliphatic carbocycles. The molecule has 1 saturated heterocycles. The van der Waals surface area contributed by atoms with E-state index in [0.29, 0.717) is 31.0 Å². The molecule has 0 radical (unpaired) electrons. The number of aliphatic hydroxyl groups excluding tert-OH is 1. The zero-order valence-corrected chi connectivity index (χ0v) is 22.2. The van der Waals surface area contributed by atoms with E-state index >= 15 is 0 Å². The van der Waals surface area contributed by atoms with Gasteiger partial charge >= 0.3 is 0 Å². The maximum absolute atomic E-state index is 13.2. The number of likely N-dealkylation sites (tertiary alicyclic amines) is 1. The number of aliphatic hydroxyl groups is 1. The highest BCUT2D eigenvalue weighted by atomic mass is 127. The summed E-state index contributed by atoms with van der Waals surface area (Å²) in [7, 11) is 0. The van der Waals surface area contributed by atoms with Crippen molar-refractivity contribution in [3.63, 3.8) is 0 Å². The lowest BCUT2D eigenvalue weighted by molar-refractivity contribution is -0.140. The molecule has 182 valence electrons. The Labute approximate surface area is 215 Å². The average Bonchev–Trinajstić information content (AvgIpc) is 3.10. The van der Waals surface area contributed by atoms with Gasteiger partial charge in [0.1, 0.15) is 11.5 Å². The number of ketones is 1. The van der Waals surface area contributed by atoms with Crippen LogP contribution in [0.15, 0.2) is 54.1 Å². The summed E-state index contributed by atoms with van der Waals surface area (Å²) in [5.74, 6) is -0.780. The number of unbranched alkanes of at least 4 members (excludes halogenated alkanes) is 1. The third-order valence-corrected chi connectivity index (χ3v) is 6.87. The molecule has 34 heavy (non-hydrogen) atoms. The first-order valence-corrected chi connectivity index (χ1v) is 13.0. The molecule has 0 aromatic heterocycles. The van der Waals surface area contributed by atoms with Gasteiger partial charge in [-0.2, -0.15) is 0 Å². The second-order valence-corrected chi connectivity index (χ2v) is 9.55. The minimum atomic E-state index is -0.655. The Bertz CT molecular complexity index is 1030. The number of amides is 1. The van der Waals surface area contributed by atoms with E-state index in [-0.39, 0.29) is 11.3 Å². The second kappa shape index (κ2) is 12.4. The van der Waals surface area contributed by atoms with Gasteiger partial charge in [-0.15, -0.1) is 0 Å². The minimum Gasteiger partial charge on any atom is -0.507 e. The van der Waals surface area contributed by atoms with E-state index in [4.69, 9.17) is 4.74 Å². The molecule has 0 saturated carbocycles. The number of hydrogen-bond acceptors (Lipinski definition) is 5. The zero-order chi connectivity index (χ0) is 24.7. The van der Waals surface area contributed by atoms with Gasteiger partial charge in [0.25, 0.3) is 11.7 Å². The van der Waals surface area contributed by atoms with Gasteiger partial charge in [0, 0.05) is 22.2 Å². The van der Waals surface area contributed by atoms with Gasteiger partial charge in [-0.25, -0.2) is 0 Å². The molecule has 2 aromatic carbocycles. The van der Waals surface area contributed by atoms with E-state index in [0.717, 1.165) is 35.1 Å². The largest absolute Gasteiger partial charge is 0.507 e. The monoisotopic (exact) mass is 576 g/mol. The standard InChI is InChI=1S/C27H33IN2O4/c1-4-7-17-34-22-10-8-9-20(18-22)25(31)23-24(19-11-13-21(28)14-12-19)30(27(33)26(23)32)16-15-29(5-2)6-3/h8-14,18,24,31H,4-7,15-17H2,1-3H3/b25-23+. The van der Waals surface area contributed by atoms with Crippen LogP contribution >= 0.6 is 22.6 Å². The van der Waals surface area contributed by atoms with Crippen molar-refractivity contribution < 1.29 is 19.4 Å². The van der Waals surface area contributed by atoms with E-state index in [9.17, 15) is 14.7 Å². The maximum Gasteiger partial charge on any atom is 0.295 e. The first-order valence-electron chi connectivity index (χ1n) is 11.9. The normalized spacial score (nSPS) is 17.6. The van der Waals surface area contributed by atoms with Gasteiger partial charge < -0.3 is 19.6 Å². The SMILES string of the molecule is CCCCOc1cccc(/C(O)=C2\C(=O)C(=O)N(CCN(CC)CC)C2c2ccc(I)cc2)c1. The molecular weight excluding hydrogens is 543 g/mol. The highest BCUT2D eigenvalue weighted by Crippen LogP contribution is 2.39. The summed E-state index contributed by atoms with van der Waals surface area (Å²) in [6, 6.07) is 14.2. The van der Waals surface area contributed by atoms with Crippen LogP contribution in [0.5, 0.6) is 5.75 Å². The number of halogens is 1. The zero-order valence-electron chi connectivity index (χ0n) is 20.1. The Balaban J connectivity index is 2.03. The number of nitrogens with zero attached hydrogens (tertiary/aromatic N) is 2. The minimum absolute atomic E-state index is 0.122. The van der Waals surface area contributed by atoms with Crippen LogP contribution < -0.4 is 4.74 Å². The van der Waals surface area contributed by atoms with Crippen LogP contribution in [-0.4, -0.2) is 59.4 Å². The summed E-state index contributed by atoms with van der Waals surface area (Å²) >= 11 is 2.22. The van der Waals surface area contributed by atoms with Crippen LogP contribution in [0.25, 0.3) is 5.76 Å². The number of ether oxygens (including phenoxy) is 1. The summed E-state index contributed by atoms with van der Waals surface area (Å²) in [6.45, 7) is 9.60. The topological polar surface area (TPSA) is 70.1 Å². The summed E-state index contributed by atoms with van der Waals surface area (Å²) in [5, 5.41) is 11.3. The van der Waals surface area contributed by atoms with Crippen molar-refractivity contribution in [2.45, 2.75) is 39.7 Å². The maximum atomic E-state index is 13.2. The molecule has 1 unspecified atom stereocenters. The van der Waals surface area contributed by atoms with Crippen molar-refractivity contribution in [1.29, 1.82) is 0 Å². The molecule has 1 N–H and O–H groups in total. The molecule has 1 fully saturated rings. The molecule has 7 heteroatoms. The van der Waals surface area contributed by atoms with Crippen LogP contribution in [0.2, 0.25) is 0 Å². The molecule has 2 aromatic rings. The lowest BCUT2D eigenvalue weighted by Gasteiger charge is -2.28. The van der Waals surface area contributed by atoms with Gasteiger partial charge in [-0.1, -0.05) is 51.5 Å². The van der Waals surface area contributed by atoms with Crippen LogP contribution in [0, 0.1) is 3.57 Å². The summed E-state index contributed by atoms with van der Waals surface area (Å²) < 4.78 is 6.83. The van der Waals surface area contributed by atoms with Crippen LogP contribution in [0.4, 0.5) is 0 Å². The van der Waals surface area contributed by atoms with Crippen LogP contribution in [0.1, 0.15) is 50.8 Å². The van der Waals surface area contributed by atoms with Gasteiger partial charge in [-0.3, -0.25) is 9.59 Å². The highest BCUT2D eigenvalue weighted by molar-refractivity contribution is 14.1. The second-order valence-electron chi connectivity index (χ2n) is 8.30. The Morgan fingerprint density at radius 2 is 1.79 bits per heavy atom. The van der Waals surface area contributed by atoms with E-state index in [2.05, 4.69) is 48.3 Å². The van der Waals surface area contributed by atoms with Gasteiger partial charge in [-0.05, 0) is 71.9 Å². The number of hydrogen-bond donors (Lipinski definition) is 1. The van der Waals surface area contributed by atoms with Crippen molar-refractivity contribution in [3.05, 3.63) is 68.8 Å². The summed E-state index contributed by atoms with van der Waals surface area (Å²) in [6.07, 6.45) is 1.95. The van der Waals surface area contributed by atoms with Gasteiger partial charge in [0.05, 0.1) is 18.2 Å². The highest BCUT2D eigenvalue weighted by Gasteiger charge is 2.45. The Morgan fingerprint density at radius 3 is 2.44 bits per heavy atom. The Kier molecular flexibility index (Phi) is 9.53. The average molecular weight is 576 g/mol. The fraction of sp³-hybridized carbons (Fsp3) is 0.407. The molecule has 1 amide bonds. The van der Waals surface area contributed by atoms with E-state index in [1.807, 2.05) is 30.3 Å². The molecule has 1 heterocycles. The third kappa shape index (κ3) is 5.99. The number of carbonyl (C=O) groups excluding carboxylic acids is 2. The fourth-order valence-electron chi connectivity index (χ4n) is 4.11.